The molecule has 0 saturated heterocycles. The number of benzene rings is 1. The van der Waals surface area contributed by atoms with Crippen LogP contribution in [0.15, 0.2) is 18.2 Å². The van der Waals surface area contributed by atoms with E-state index in [1.165, 1.54) is 6.07 Å². The molecule has 0 fully saturated rings. The normalized spacial score (nSPS) is 21.8. The fraction of sp³-hybridized carbons (Fsp3) is 0.333. The van der Waals surface area contributed by atoms with Gasteiger partial charge in [0, 0.05) is 4.83 Å². The molecule has 58 valence electrons. The topological polar surface area (TPSA) is 0 Å². The second-order valence-electron chi connectivity index (χ2n) is 2.81. The molecule has 0 aliphatic heterocycles. The minimum Gasteiger partial charge on any atom is -0.207 e. The van der Waals surface area contributed by atoms with E-state index in [0.29, 0.717) is 4.83 Å². The summed E-state index contributed by atoms with van der Waals surface area (Å²) in [4.78, 5) is 0.369. The Morgan fingerprint density at radius 2 is 2.27 bits per heavy atom. The van der Waals surface area contributed by atoms with Gasteiger partial charge in [0.2, 0.25) is 0 Å². The molecule has 0 unspecified atom stereocenters. The van der Waals surface area contributed by atoms with Crippen LogP contribution in [0.5, 0.6) is 0 Å². The van der Waals surface area contributed by atoms with Crippen LogP contribution in [0.3, 0.4) is 0 Å². The van der Waals surface area contributed by atoms with E-state index in [-0.39, 0.29) is 5.82 Å². The molecule has 2 rings (SSSR count). The van der Waals surface area contributed by atoms with Crippen molar-refractivity contribution in [3.63, 3.8) is 0 Å². The summed E-state index contributed by atoms with van der Waals surface area (Å²) in [7, 11) is 0. The molecular weight excluding hydrogens is 207 g/mol. The molecule has 1 aromatic rings. The van der Waals surface area contributed by atoms with Crippen LogP contribution in [-0.4, -0.2) is 0 Å². The van der Waals surface area contributed by atoms with Gasteiger partial charge in [0.1, 0.15) is 5.82 Å². The second kappa shape index (κ2) is 2.59. The highest BCUT2D eigenvalue weighted by Crippen LogP contribution is 2.38. The van der Waals surface area contributed by atoms with Gasteiger partial charge in [-0.2, -0.15) is 0 Å². The van der Waals surface area contributed by atoms with E-state index in [1.54, 1.807) is 6.07 Å². The van der Waals surface area contributed by atoms with Gasteiger partial charge in [-0.05, 0) is 30.0 Å². The molecular formula is C9H8BrF. The Bertz CT molecular complexity index is 283. The second-order valence-corrected chi connectivity index (χ2v) is 3.92. The lowest BCUT2D eigenvalue weighted by Gasteiger charge is -2.01. The summed E-state index contributed by atoms with van der Waals surface area (Å²) in [5, 5.41) is 0. The van der Waals surface area contributed by atoms with Crippen molar-refractivity contribution in [1.29, 1.82) is 0 Å². The van der Waals surface area contributed by atoms with Crippen molar-refractivity contribution in [1.82, 2.24) is 0 Å². The first-order chi connectivity index (χ1) is 5.29. The van der Waals surface area contributed by atoms with Gasteiger partial charge < -0.3 is 0 Å². The van der Waals surface area contributed by atoms with E-state index >= 15 is 0 Å². The number of hydrogen-bond acceptors (Lipinski definition) is 0. The average molecular weight is 215 g/mol. The summed E-state index contributed by atoms with van der Waals surface area (Å²) in [5.41, 5.74) is 2.03. The van der Waals surface area contributed by atoms with Gasteiger partial charge in [0.05, 0.1) is 0 Å². The molecule has 1 aromatic carbocycles. The summed E-state index contributed by atoms with van der Waals surface area (Å²) in [6.45, 7) is 0. The van der Waals surface area contributed by atoms with Crippen LogP contribution >= 0.6 is 15.9 Å². The molecule has 0 heterocycles. The smallest absolute Gasteiger partial charge is 0.126 e. The van der Waals surface area contributed by atoms with Crippen molar-refractivity contribution in [3.05, 3.63) is 35.1 Å². The Morgan fingerprint density at radius 3 is 3.00 bits per heavy atom. The van der Waals surface area contributed by atoms with Crippen LogP contribution in [0, 0.1) is 5.82 Å². The quantitative estimate of drug-likeness (QED) is 0.583. The third-order valence-corrected chi connectivity index (χ3v) is 3.09. The highest BCUT2D eigenvalue weighted by molar-refractivity contribution is 9.09. The van der Waals surface area contributed by atoms with Gasteiger partial charge in [-0.15, -0.1) is 0 Å². The first-order valence-corrected chi connectivity index (χ1v) is 4.62. The van der Waals surface area contributed by atoms with E-state index in [9.17, 15) is 4.39 Å². The van der Waals surface area contributed by atoms with Crippen LogP contribution in [0.25, 0.3) is 0 Å². The summed E-state index contributed by atoms with van der Waals surface area (Å²) < 4.78 is 13.0. The maximum Gasteiger partial charge on any atom is 0.126 e. The number of halogens is 2. The average Bonchev–Trinajstić information content (AvgIpc) is 2.35. The lowest BCUT2D eigenvalue weighted by Crippen LogP contribution is -1.87. The molecule has 2 heteroatoms. The summed E-state index contributed by atoms with van der Waals surface area (Å²) in [6, 6.07) is 5.29. The zero-order valence-corrected chi connectivity index (χ0v) is 7.57. The first kappa shape index (κ1) is 7.29. The van der Waals surface area contributed by atoms with Gasteiger partial charge in [0.25, 0.3) is 0 Å². The van der Waals surface area contributed by atoms with Gasteiger partial charge in [-0.25, -0.2) is 4.39 Å². The number of rotatable bonds is 0. The molecule has 0 nitrogen and oxygen atoms in total. The third-order valence-electron chi connectivity index (χ3n) is 2.14. The Kier molecular flexibility index (Phi) is 1.72. The highest BCUT2D eigenvalue weighted by atomic mass is 79.9. The Balaban J connectivity index is 2.57. The van der Waals surface area contributed by atoms with Crippen molar-refractivity contribution in [2.75, 3.05) is 0 Å². The van der Waals surface area contributed by atoms with E-state index in [4.69, 9.17) is 0 Å². The maximum atomic E-state index is 13.0. The molecule has 0 N–H and O–H groups in total. The lowest BCUT2D eigenvalue weighted by atomic mass is 10.1. The molecule has 0 spiro atoms. The van der Waals surface area contributed by atoms with Crippen LogP contribution in [0.4, 0.5) is 4.39 Å². The molecule has 1 atom stereocenters. The van der Waals surface area contributed by atoms with Crippen LogP contribution < -0.4 is 0 Å². The van der Waals surface area contributed by atoms with Gasteiger partial charge in [0.15, 0.2) is 0 Å². The molecule has 0 amide bonds. The summed E-state index contributed by atoms with van der Waals surface area (Å²) in [5.74, 6) is -0.0514. The monoisotopic (exact) mass is 214 g/mol. The third kappa shape index (κ3) is 1.09. The lowest BCUT2D eigenvalue weighted by molar-refractivity contribution is 0.613. The molecule has 11 heavy (non-hydrogen) atoms. The van der Waals surface area contributed by atoms with Crippen molar-refractivity contribution >= 4 is 15.9 Å². The summed E-state index contributed by atoms with van der Waals surface area (Å²) in [6.07, 6.45) is 1.90. The minimum absolute atomic E-state index is 0.0514. The largest absolute Gasteiger partial charge is 0.207 e. The SMILES string of the molecule is Fc1cccc2c1CC[C@@H]2Br. The molecule has 0 saturated carbocycles. The zero-order chi connectivity index (χ0) is 7.84. The van der Waals surface area contributed by atoms with Gasteiger partial charge in [-0.1, -0.05) is 28.1 Å². The zero-order valence-electron chi connectivity index (χ0n) is 5.98. The Hall–Kier alpha value is -0.370. The van der Waals surface area contributed by atoms with E-state index in [0.717, 1.165) is 24.0 Å². The van der Waals surface area contributed by atoms with E-state index < -0.39 is 0 Å². The fourth-order valence-corrected chi connectivity index (χ4v) is 2.22. The van der Waals surface area contributed by atoms with Crippen molar-refractivity contribution in [2.24, 2.45) is 0 Å². The fourth-order valence-electron chi connectivity index (χ4n) is 1.56. The molecule has 0 radical (unpaired) electrons. The highest BCUT2D eigenvalue weighted by Gasteiger charge is 2.21. The summed E-state index contributed by atoms with van der Waals surface area (Å²) >= 11 is 3.50. The predicted octanol–water partition coefficient (Wildman–Crippen LogP) is 3.21. The Morgan fingerprint density at radius 1 is 1.45 bits per heavy atom. The van der Waals surface area contributed by atoms with Crippen molar-refractivity contribution in [2.45, 2.75) is 17.7 Å². The van der Waals surface area contributed by atoms with Crippen molar-refractivity contribution < 1.29 is 4.39 Å². The molecule has 1 aliphatic carbocycles. The first-order valence-electron chi connectivity index (χ1n) is 3.70. The number of alkyl halides is 1. The Labute approximate surface area is 73.6 Å². The van der Waals surface area contributed by atoms with Crippen LogP contribution in [-0.2, 0) is 6.42 Å². The van der Waals surface area contributed by atoms with E-state index in [1.807, 2.05) is 6.07 Å². The number of hydrogen-bond donors (Lipinski definition) is 0. The maximum absolute atomic E-state index is 13.0. The van der Waals surface area contributed by atoms with Crippen LogP contribution in [0.2, 0.25) is 0 Å². The minimum atomic E-state index is -0.0514. The van der Waals surface area contributed by atoms with Gasteiger partial charge in [-0.3, -0.25) is 0 Å². The predicted molar refractivity (Wildman–Crippen MR) is 46.4 cm³/mol. The van der Waals surface area contributed by atoms with Crippen molar-refractivity contribution in [3.8, 4) is 0 Å². The van der Waals surface area contributed by atoms with Crippen LogP contribution in [0.1, 0.15) is 22.4 Å². The standard InChI is InChI=1S/C9H8BrF/c10-8-5-4-7-6(8)2-1-3-9(7)11/h1-3,8H,4-5H2/t8-/m0/s1. The molecule has 0 bridgehead atoms. The van der Waals surface area contributed by atoms with Gasteiger partial charge >= 0.3 is 0 Å². The molecule has 1 aliphatic rings. The number of fused-ring (bicyclic) bond motifs is 1. The van der Waals surface area contributed by atoms with E-state index in [2.05, 4.69) is 15.9 Å². The molecule has 0 aromatic heterocycles.